The normalized spacial score (nSPS) is 14.6. The van der Waals surface area contributed by atoms with Gasteiger partial charge in [0.25, 0.3) is 0 Å². The number of aryl methyl sites for hydroxylation is 2. The molecule has 20 heavy (non-hydrogen) atoms. The maximum atomic E-state index is 5.01. The lowest BCUT2D eigenvalue weighted by molar-refractivity contribution is 0.199. The average molecular weight is 273 g/mol. The van der Waals surface area contributed by atoms with Crippen molar-refractivity contribution in [2.45, 2.75) is 39.0 Å². The van der Waals surface area contributed by atoms with Crippen molar-refractivity contribution in [1.29, 1.82) is 0 Å². The Balaban J connectivity index is 1.74. The number of ether oxygens (including phenoxy) is 1. The number of hydrogen-bond donors (Lipinski definition) is 1. The van der Waals surface area contributed by atoms with Gasteiger partial charge in [-0.3, -0.25) is 0 Å². The highest BCUT2D eigenvalue weighted by molar-refractivity contribution is 5.36. The summed E-state index contributed by atoms with van der Waals surface area (Å²) in [6, 6.07) is 7.05. The van der Waals surface area contributed by atoms with Crippen LogP contribution in [0.2, 0.25) is 0 Å². The maximum absolute atomic E-state index is 5.01. The van der Waals surface area contributed by atoms with Gasteiger partial charge in [-0.1, -0.05) is 29.8 Å². The molecular weight excluding hydrogens is 246 g/mol. The average Bonchev–Trinajstić information content (AvgIpc) is 2.90. The van der Waals surface area contributed by atoms with Crippen LogP contribution in [0.15, 0.2) is 29.8 Å². The Hall–Kier alpha value is -1.12. The summed E-state index contributed by atoms with van der Waals surface area (Å²) in [6.45, 7) is 5.00. The van der Waals surface area contributed by atoms with Gasteiger partial charge in [0.05, 0.1) is 6.61 Å². The summed E-state index contributed by atoms with van der Waals surface area (Å²) < 4.78 is 5.01. The van der Waals surface area contributed by atoms with Crippen LogP contribution >= 0.6 is 0 Å². The molecule has 0 unspecified atom stereocenters. The van der Waals surface area contributed by atoms with E-state index in [1.165, 1.54) is 30.4 Å². The largest absolute Gasteiger partial charge is 0.383 e. The van der Waals surface area contributed by atoms with Crippen LogP contribution < -0.4 is 5.32 Å². The van der Waals surface area contributed by atoms with Crippen molar-refractivity contribution >= 4 is 0 Å². The van der Waals surface area contributed by atoms with E-state index in [1.807, 2.05) is 0 Å². The molecule has 1 aromatic carbocycles. The van der Waals surface area contributed by atoms with Crippen LogP contribution in [-0.2, 0) is 24.0 Å². The second-order valence-corrected chi connectivity index (χ2v) is 5.72. The van der Waals surface area contributed by atoms with E-state index in [9.17, 15) is 0 Å². The van der Waals surface area contributed by atoms with Crippen LogP contribution in [0, 0.1) is 0 Å². The van der Waals surface area contributed by atoms with Crippen molar-refractivity contribution in [1.82, 2.24) is 5.32 Å². The van der Waals surface area contributed by atoms with Crippen molar-refractivity contribution in [3.63, 3.8) is 0 Å². The zero-order valence-corrected chi connectivity index (χ0v) is 12.9. The van der Waals surface area contributed by atoms with E-state index in [4.69, 9.17) is 4.74 Å². The highest BCUT2D eigenvalue weighted by atomic mass is 16.5. The van der Waals surface area contributed by atoms with E-state index in [2.05, 4.69) is 36.5 Å². The zero-order chi connectivity index (χ0) is 14.2. The molecule has 0 radical (unpaired) electrons. The van der Waals surface area contributed by atoms with Gasteiger partial charge in [0, 0.05) is 13.7 Å². The standard InChI is InChI=1S/C18H27NO/c1-15(5-4-10-19-11-12-20-2)13-16-8-9-17-6-3-7-18(17)14-16/h5,8-9,14,19H,3-4,6-7,10-13H2,1-2H3. The fourth-order valence-corrected chi connectivity index (χ4v) is 2.85. The maximum Gasteiger partial charge on any atom is 0.0587 e. The third-order valence-electron chi connectivity index (χ3n) is 3.94. The van der Waals surface area contributed by atoms with Gasteiger partial charge < -0.3 is 10.1 Å². The summed E-state index contributed by atoms with van der Waals surface area (Å²) in [5.41, 5.74) is 6.08. The molecule has 0 aliphatic heterocycles. The van der Waals surface area contributed by atoms with Gasteiger partial charge in [-0.25, -0.2) is 0 Å². The predicted molar refractivity (Wildman–Crippen MR) is 85.3 cm³/mol. The van der Waals surface area contributed by atoms with E-state index in [0.29, 0.717) is 0 Å². The molecule has 1 N–H and O–H groups in total. The molecule has 0 aromatic heterocycles. The second kappa shape index (κ2) is 8.23. The van der Waals surface area contributed by atoms with Gasteiger partial charge in [-0.05, 0) is 62.3 Å². The summed E-state index contributed by atoms with van der Waals surface area (Å²) in [4.78, 5) is 0. The minimum absolute atomic E-state index is 0.790. The first-order chi connectivity index (χ1) is 9.79. The number of allylic oxidation sites excluding steroid dienone is 1. The lowest BCUT2D eigenvalue weighted by Gasteiger charge is -2.06. The summed E-state index contributed by atoms with van der Waals surface area (Å²) in [7, 11) is 1.74. The molecule has 1 aromatic rings. The molecule has 1 aliphatic rings. The van der Waals surface area contributed by atoms with Crippen LogP contribution in [0.4, 0.5) is 0 Å². The molecule has 2 nitrogen and oxygen atoms in total. The SMILES string of the molecule is COCCNCCC=C(C)Cc1ccc2c(c1)CCC2. The first-order valence-electron chi connectivity index (χ1n) is 7.75. The first-order valence-corrected chi connectivity index (χ1v) is 7.75. The molecular formula is C18H27NO. The number of rotatable bonds is 8. The summed E-state index contributed by atoms with van der Waals surface area (Å²) >= 11 is 0. The molecule has 0 spiro atoms. The molecule has 0 atom stereocenters. The van der Waals surface area contributed by atoms with E-state index in [1.54, 1.807) is 18.2 Å². The van der Waals surface area contributed by atoms with Crippen LogP contribution in [0.5, 0.6) is 0 Å². The molecule has 2 rings (SSSR count). The van der Waals surface area contributed by atoms with Crippen molar-refractivity contribution in [2.75, 3.05) is 26.8 Å². The van der Waals surface area contributed by atoms with Gasteiger partial charge in [-0.2, -0.15) is 0 Å². The number of nitrogens with one attached hydrogen (secondary N) is 1. The third-order valence-corrected chi connectivity index (χ3v) is 3.94. The molecule has 0 bridgehead atoms. The van der Waals surface area contributed by atoms with E-state index in [-0.39, 0.29) is 0 Å². The fraction of sp³-hybridized carbons (Fsp3) is 0.556. The summed E-state index contributed by atoms with van der Waals surface area (Å²) in [5.74, 6) is 0. The topological polar surface area (TPSA) is 21.3 Å². The Bertz CT molecular complexity index is 451. The van der Waals surface area contributed by atoms with Gasteiger partial charge >= 0.3 is 0 Å². The monoisotopic (exact) mass is 273 g/mol. The first kappa shape index (κ1) is 15.3. The Labute approximate surface area is 123 Å². The molecule has 0 fully saturated rings. The van der Waals surface area contributed by atoms with Crippen LogP contribution in [-0.4, -0.2) is 26.8 Å². The van der Waals surface area contributed by atoms with Gasteiger partial charge in [-0.15, -0.1) is 0 Å². The highest BCUT2D eigenvalue weighted by Crippen LogP contribution is 2.23. The molecule has 110 valence electrons. The fourth-order valence-electron chi connectivity index (χ4n) is 2.85. The quantitative estimate of drug-likeness (QED) is 0.580. The lowest BCUT2D eigenvalue weighted by atomic mass is 10.0. The van der Waals surface area contributed by atoms with E-state index >= 15 is 0 Å². The summed E-state index contributed by atoms with van der Waals surface area (Å²) in [6.07, 6.45) is 8.42. The number of hydrogen-bond acceptors (Lipinski definition) is 2. The number of benzene rings is 1. The Morgan fingerprint density at radius 2 is 2.10 bits per heavy atom. The van der Waals surface area contributed by atoms with Crippen LogP contribution in [0.1, 0.15) is 36.5 Å². The van der Waals surface area contributed by atoms with Gasteiger partial charge in [0.2, 0.25) is 0 Å². The smallest absolute Gasteiger partial charge is 0.0587 e. The predicted octanol–water partition coefficient (Wildman–Crippen LogP) is 3.29. The Morgan fingerprint density at radius 3 is 2.95 bits per heavy atom. The van der Waals surface area contributed by atoms with Gasteiger partial charge in [0.1, 0.15) is 0 Å². The molecule has 0 heterocycles. The summed E-state index contributed by atoms with van der Waals surface area (Å²) in [5, 5.41) is 3.37. The minimum atomic E-state index is 0.790. The Kier molecular flexibility index (Phi) is 6.28. The molecule has 0 amide bonds. The van der Waals surface area contributed by atoms with Crippen molar-refractivity contribution in [3.8, 4) is 0 Å². The van der Waals surface area contributed by atoms with Gasteiger partial charge in [0.15, 0.2) is 0 Å². The van der Waals surface area contributed by atoms with Crippen LogP contribution in [0.25, 0.3) is 0 Å². The van der Waals surface area contributed by atoms with Crippen molar-refractivity contribution in [3.05, 3.63) is 46.5 Å². The van der Waals surface area contributed by atoms with Crippen molar-refractivity contribution in [2.24, 2.45) is 0 Å². The number of methoxy groups -OCH3 is 1. The highest BCUT2D eigenvalue weighted by Gasteiger charge is 2.10. The molecule has 2 heteroatoms. The molecule has 1 aliphatic carbocycles. The molecule has 0 saturated heterocycles. The molecule has 0 saturated carbocycles. The Morgan fingerprint density at radius 1 is 1.25 bits per heavy atom. The number of fused-ring (bicyclic) bond motifs is 1. The third kappa shape index (κ3) is 4.77. The zero-order valence-electron chi connectivity index (χ0n) is 12.9. The minimum Gasteiger partial charge on any atom is -0.383 e. The van der Waals surface area contributed by atoms with Crippen molar-refractivity contribution < 1.29 is 4.74 Å². The van der Waals surface area contributed by atoms with E-state index < -0.39 is 0 Å². The second-order valence-electron chi connectivity index (χ2n) is 5.72. The van der Waals surface area contributed by atoms with E-state index in [0.717, 1.165) is 32.5 Å². The van der Waals surface area contributed by atoms with Crippen LogP contribution in [0.3, 0.4) is 0 Å². The lowest BCUT2D eigenvalue weighted by Crippen LogP contribution is -2.19.